The Morgan fingerprint density at radius 1 is 1.44 bits per heavy atom. The Kier molecular flexibility index (Phi) is 4.42. The number of nitrogens with two attached hydrogens (primary N) is 1. The van der Waals surface area contributed by atoms with E-state index >= 15 is 0 Å². The quantitative estimate of drug-likeness (QED) is 0.630. The van der Waals surface area contributed by atoms with Crippen LogP contribution in [0.15, 0.2) is 17.4 Å². The Bertz CT molecular complexity index is 329. The van der Waals surface area contributed by atoms with E-state index in [2.05, 4.69) is 9.97 Å². The number of ether oxygens (including phenoxy) is 1. The van der Waals surface area contributed by atoms with E-state index < -0.39 is 0 Å². The average molecular weight is 239 g/mol. The summed E-state index contributed by atoms with van der Waals surface area (Å²) in [6.45, 7) is 0.939. The molecule has 0 radical (unpaired) electrons. The Morgan fingerprint density at radius 3 is 3.06 bits per heavy atom. The van der Waals surface area contributed by atoms with E-state index in [1.807, 2.05) is 0 Å². The maximum atomic E-state index is 5.71. The maximum absolute atomic E-state index is 5.71. The highest BCUT2D eigenvalue weighted by molar-refractivity contribution is 7.99. The van der Waals surface area contributed by atoms with Crippen LogP contribution in [0.1, 0.15) is 25.7 Å². The van der Waals surface area contributed by atoms with Gasteiger partial charge in [0, 0.05) is 19.0 Å². The van der Waals surface area contributed by atoms with Gasteiger partial charge < -0.3 is 10.5 Å². The zero-order valence-corrected chi connectivity index (χ0v) is 10.1. The molecule has 1 aliphatic rings. The minimum atomic E-state index is 0.486. The van der Waals surface area contributed by atoms with Crippen LogP contribution in [0.25, 0.3) is 0 Å². The summed E-state index contributed by atoms with van der Waals surface area (Å²) in [5, 5.41) is 0.842. The van der Waals surface area contributed by atoms with Gasteiger partial charge in [-0.05, 0) is 31.4 Å². The molecule has 1 saturated heterocycles. The van der Waals surface area contributed by atoms with E-state index in [0.717, 1.165) is 30.2 Å². The normalized spacial score (nSPS) is 20.1. The summed E-state index contributed by atoms with van der Waals surface area (Å²) >= 11 is 1.68. The molecule has 1 atom stereocenters. The second kappa shape index (κ2) is 6.06. The lowest BCUT2D eigenvalue weighted by Crippen LogP contribution is -2.04. The standard InChI is InChI=1S/C11H17N3OS/c12-10-11(14-6-5-13-10)16-8-2-4-9-3-1-7-15-9/h5-6,9H,1-4,7-8H2,(H2,12,13). The highest BCUT2D eigenvalue weighted by Gasteiger charge is 2.14. The van der Waals surface area contributed by atoms with Crippen molar-refractivity contribution in [2.45, 2.75) is 36.8 Å². The molecule has 0 saturated carbocycles. The van der Waals surface area contributed by atoms with E-state index in [0.29, 0.717) is 11.9 Å². The van der Waals surface area contributed by atoms with Crippen molar-refractivity contribution in [2.24, 2.45) is 0 Å². The van der Waals surface area contributed by atoms with Crippen molar-refractivity contribution < 1.29 is 4.74 Å². The van der Waals surface area contributed by atoms with E-state index in [4.69, 9.17) is 10.5 Å². The number of aromatic nitrogens is 2. The molecule has 2 heterocycles. The number of thioether (sulfide) groups is 1. The third kappa shape index (κ3) is 3.35. The molecule has 0 spiro atoms. The summed E-state index contributed by atoms with van der Waals surface area (Å²) in [7, 11) is 0. The molecule has 0 bridgehead atoms. The molecule has 2 N–H and O–H groups in total. The molecule has 0 amide bonds. The van der Waals surface area contributed by atoms with Crippen LogP contribution in [0.2, 0.25) is 0 Å². The molecular formula is C11H17N3OS. The molecule has 88 valence electrons. The topological polar surface area (TPSA) is 61.0 Å². The number of hydrogen-bond acceptors (Lipinski definition) is 5. The van der Waals surface area contributed by atoms with Crippen LogP contribution in [0.4, 0.5) is 5.82 Å². The van der Waals surface area contributed by atoms with Crippen LogP contribution in [0, 0.1) is 0 Å². The highest BCUT2D eigenvalue weighted by atomic mass is 32.2. The van der Waals surface area contributed by atoms with Gasteiger partial charge in [-0.2, -0.15) is 0 Å². The van der Waals surface area contributed by atoms with Gasteiger partial charge in [-0.1, -0.05) is 0 Å². The number of nitrogen functional groups attached to an aromatic ring is 1. The van der Waals surface area contributed by atoms with Gasteiger partial charge in [0.25, 0.3) is 0 Å². The van der Waals surface area contributed by atoms with E-state index in [-0.39, 0.29) is 0 Å². The van der Waals surface area contributed by atoms with Crippen LogP contribution >= 0.6 is 11.8 Å². The first kappa shape index (κ1) is 11.7. The van der Waals surface area contributed by atoms with Crippen LogP contribution in [-0.4, -0.2) is 28.4 Å². The van der Waals surface area contributed by atoms with Crippen molar-refractivity contribution >= 4 is 17.6 Å². The first-order valence-electron chi connectivity index (χ1n) is 5.67. The number of hydrogen-bond donors (Lipinski definition) is 1. The van der Waals surface area contributed by atoms with Crippen LogP contribution < -0.4 is 5.73 Å². The van der Waals surface area contributed by atoms with Crippen LogP contribution in [-0.2, 0) is 4.74 Å². The molecule has 16 heavy (non-hydrogen) atoms. The predicted octanol–water partition coefficient (Wildman–Crippen LogP) is 2.11. The summed E-state index contributed by atoms with van der Waals surface area (Å²) in [5.74, 6) is 1.56. The van der Waals surface area contributed by atoms with Gasteiger partial charge >= 0.3 is 0 Å². The van der Waals surface area contributed by atoms with Gasteiger partial charge in [-0.15, -0.1) is 11.8 Å². The van der Waals surface area contributed by atoms with E-state index in [9.17, 15) is 0 Å². The zero-order valence-electron chi connectivity index (χ0n) is 9.26. The summed E-state index contributed by atoms with van der Waals surface area (Å²) in [4.78, 5) is 8.20. The first-order valence-corrected chi connectivity index (χ1v) is 6.65. The first-order chi connectivity index (χ1) is 7.86. The smallest absolute Gasteiger partial charge is 0.156 e. The lowest BCUT2D eigenvalue weighted by Gasteiger charge is -2.08. The lowest BCUT2D eigenvalue weighted by molar-refractivity contribution is 0.104. The number of rotatable bonds is 5. The molecule has 0 aliphatic carbocycles. The molecular weight excluding hydrogens is 222 g/mol. The third-order valence-electron chi connectivity index (χ3n) is 2.62. The van der Waals surface area contributed by atoms with Crippen molar-refractivity contribution in [3.8, 4) is 0 Å². The van der Waals surface area contributed by atoms with Gasteiger partial charge in [0.1, 0.15) is 5.03 Å². The molecule has 1 fully saturated rings. The SMILES string of the molecule is Nc1nccnc1SCCCC1CCCO1. The van der Waals surface area contributed by atoms with E-state index in [1.165, 1.54) is 12.8 Å². The zero-order chi connectivity index (χ0) is 11.2. The Labute approximate surface area is 100.0 Å². The van der Waals surface area contributed by atoms with Gasteiger partial charge in [0.2, 0.25) is 0 Å². The maximum Gasteiger partial charge on any atom is 0.156 e. The van der Waals surface area contributed by atoms with Crippen LogP contribution in [0.5, 0.6) is 0 Å². The molecule has 5 heteroatoms. The summed E-state index contributed by atoms with van der Waals surface area (Å²) in [6.07, 6.45) is 8.51. The summed E-state index contributed by atoms with van der Waals surface area (Å²) in [6, 6.07) is 0. The molecule has 2 rings (SSSR count). The number of nitrogens with zero attached hydrogens (tertiary/aromatic N) is 2. The number of anilines is 1. The summed E-state index contributed by atoms with van der Waals surface area (Å²) in [5.41, 5.74) is 5.71. The van der Waals surface area contributed by atoms with Crippen molar-refractivity contribution in [1.29, 1.82) is 0 Å². The second-order valence-corrected chi connectivity index (χ2v) is 4.96. The predicted molar refractivity (Wildman–Crippen MR) is 65.4 cm³/mol. The second-order valence-electron chi connectivity index (χ2n) is 3.87. The Balaban J connectivity index is 1.66. The molecule has 1 unspecified atom stereocenters. The minimum Gasteiger partial charge on any atom is -0.381 e. The summed E-state index contributed by atoms with van der Waals surface area (Å²) < 4.78 is 5.57. The molecule has 1 aliphatic heterocycles. The van der Waals surface area contributed by atoms with Crippen molar-refractivity contribution in [2.75, 3.05) is 18.1 Å². The van der Waals surface area contributed by atoms with Gasteiger partial charge in [0.05, 0.1) is 6.10 Å². The van der Waals surface area contributed by atoms with Crippen molar-refractivity contribution in [3.05, 3.63) is 12.4 Å². The highest BCUT2D eigenvalue weighted by Crippen LogP contribution is 2.23. The average Bonchev–Trinajstić information content (AvgIpc) is 2.79. The molecule has 1 aromatic heterocycles. The van der Waals surface area contributed by atoms with Crippen molar-refractivity contribution in [3.63, 3.8) is 0 Å². The molecule has 0 aromatic carbocycles. The monoisotopic (exact) mass is 239 g/mol. The largest absolute Gasteiger partial charge is 0.381 e. The third-order valence-corrected chi connectivity index (χ3v) is 3.71. The molecule has 1 aromatic rings. The lowest BCUT2D eigenvalue weighted by atomic mass is 10.1. The Hall–Kier alpha value is -0.810. The van der Waals surface area contributed by atoms with E-state index in [1.54, 1.807) is 24.2 Å². The van der Waals surface area contributed by atoms with Crippen molar-refractivity contribution in [1.82, 2.24) is 9.97 Å². The molecule has 4 nitrogen and oxygen atoms in total. The minimum absolute atomic E-state index is 0.486. The fourth-order valence-electron chi connectivity index (χ4n) is 1.80. The van der Waals surface area contributed by atoms with Gasteiger partial charge in [0.15, 0.2) is 5.82 Å². The van der Waals surface area contributed by atoms with Gasteiger partial charge in [-0.3, -0.25) is 0 Å². The van der Waals surface area contributed by atoms with Crippen LogP contribution in [0.3, 0.4) is 0 Å². The fourth-order valence-corrected chi connectivity index (χ4v) is 2.64. The van der Waals surface area contributed by atoms with Gasteiger partial charge in [-0.25, -0.2) is 9.97 Å². The Morgan fingerprint density at radius 2 is 2.31 bits per heavy atom. The fraction of sp³-hybridized carbons (Fsp3) is 0.636.